The molecule has 0 aromatic heterocycles. The highest BCUT2D eigenvalue weighted by molar-refractivity contribution is 5.95. The third kappa shape index (κ3) is 13.2. The van der Waals surface area contributed by atoms with Gasteiger partial charge in [0.2, 0.25) is 47.3 Å². The van der Waals surface area contributed by atoms with Crippen LogP contribution in [0.5, 0.6) is 0 Å². The van der Waals surface area contributed by atoms with E-state index in [2.05, 4.69) is 42.5 Å². The third-order valence-corrected chi connectivity index (χ3v) is 14.9. The minimum atomic E-state index is -0.847. The van der Waals surface area contributed by atoms with Gasteiger partial charge in [-0.05, 0) is 112 Å². The Labute approximate surface area is 425 Å². The summed E-state index contributed by atoms with van der Waals surface area (Å²) in [6, 6.07) is 9.37. The number of carbonyl (C=O) groups excluding carboxylic acids is 8. The summed E-state index contributed by atoms with van der Waals surface area (Å²) in [5.41, 5.74) is 2.57. The molecule has 18 heteroatoms. The van der Waals surface area contributed by atoms with Crippen LogP contribution in [-0.4, -0.2) is 133 Å². The highest BCUT2D eigenvalue weighted by Gasteiger charge is 2.46. The Morgan fingerprint density at radius 3 is 1.26 bits per heavy atom. The van der Waals surface area contributed by atoms with Crippen LogP contribution in [0.1, 0.15) is 141 Å². The molecule has 8 N–H and O–H groups in total. The van der Waals surface area contributed by atoms with Crippen molar-refractivity contribution < 1.29 is 38.4 Å². The highest BCUT2D eigenvalue weighted by Crippen LogP contribution is 2.35. The summed E-state index contributed by atoms with van der Waals surface area (Å²) >= 11 is 0. The van der Waals surface area contributed by atoms with Crippen LogP contribution in [0.4, 0.5) is 0 Å². The molecule has 4 aliphatic rings. The van der Waals surface area contributed by atoms with Crippen molar-refractivity contribution in [2.24, 2.45) is 10.8 Å². The monoisotopic (exact) mass is 997 g/mol. The first-order valence-electron chi connectivity index (χ1n) is 25.9. The molecule has 72 heavy (non-hydrogen) atoms. The van der Waals surface area contributed by atoms with Gasteiger partial charge < -0.3 is 52.3 Å². The zero-order chi connectivity index (χ0) is 52.7. The normalized spacial score (nSPS) is 23.2. The van der Waals surface area contributed by atoms with Gasteiger partial charge in [0.05, 0.1) is 36.3 Å². The van der Waals surface area contributed by atoms with Gasteiger partial charge in [-0.3, -0.25) is 38.4 Å². The molecule has 394 valence electrons. The molecule has 0 bridgehead atoms. The molecule has 2 aromatic carbocycles. The zero-order valence-electron chi connectivity index (χ0n) is 44.0. The van der Waals surface area contributed by atoms with Gasteiger partial charge in [-0.25, -0.2) is 0 Å². The summed E-state index contributed by atoms with van der Waals surface area (Å²) in [5.74, 6) is -2.27. The molecule has 18 nitrogen and oxygen atoms in total. The molecule has 2 saturated heterocycles. The smallest absolute Gasteiger partial charge is 0.246 e. The van der Waals surface area contributed by atoms with Gasteiger partial charge in [0, 0.05) is 25.9 Å². The van der Waals surface area contributed by atoms with Gasteiger partial charge in [0.1, 0.15) is 24.2 Å². The Kier molecular flexibility index (Phi) is 18.3. The van der Waals surface area contributed by atoms with Crippen LogP contribution in [0.25, 0.3) is 0 Å². The summed E-state index contributed by atoms with van der Waals surface area (Å²) in [7, 11) is 3.35. The molecule has 6 rings (SSSR count). The Morgan fingerprint density at radius 2 is 0.917 bits per heavy atom. The second kappa shape index (κ2) is 23.8. The largest absolute Gasteiger partial charge is 0.351 e. The number of benzene rings is 2. The lowest BCUT2D eigenvalue weighted by molar-refractivity contribution is -0.144. The number of fused-ring (bicyclic) bond motifs is 2. The summed E-state index contributed by atoms with van der Waals surface area (Å²) in [5, 5.41) is 24.3. The number of amides is 8. The lowest BCUT2D eigenvalue weighted by Gasteiger charge is -2.36. The van der Waals surface area contributed by atoms with Crippen LogP contribution in [0.2, 0.25) is 0 Å². The Morgan fingerprint density at radius 1 is 0.556 bits per heavy atom. The summed E-state index contributed by atoms with van der Waals surface area (Å²) in [6.07, 6.45) is 4.42. The topological polar surface area (TPSA) is 239 Å². The van der Waals surface area contributed by atoms with Crippen molar-refractivity contribution in [2.45, 2.75) is 180 Å². The first-order valence-corrected chi connectivity index (χ1v) is 25.9. The molecule has 0 saturated carbocycles. The van der Waals surface area contributed by atoms with E-state index < -0.39 is 71.2 Å². The van der Waals surface area contributed by atoms with E-state index in [0.29, 0.717) is 64.5 Å². The van der Waals surface area contributed by atoms with Crippen LogP contribution in [-0.2, 0) is 51.2 Å². The van der Waals surface area contributed by atoms with E-state index in [1.165, 1.54) is 0 Å². The summed E-state index contributed by atoms with van der Waals surface area (Å²) < 4.78 is 0. The van der Waals surface area contributed by atoms with Gasteiger partial charge in [-0.15, -0.1) is 0 Å². The minimum absolute atomic E-state index is 0.163. The van der Waals surface area contributed by atoms with Gasteiger partial charge in [0.15, 0.2) is 0 Å². The van der Waals surface area contributed by atoms with E-state index in [0.717, 1.165) is 22.3 Å². The standard InChI is InChI=1S/C54H80N10O8/c1-31(55-9)47(67)61-45(53(3,4)5)51(71)63-27-17-23-39(63)49(69)59-43-35-21-13-11-19-33(35)29-37(43)57-41(65)25-15-16-26-42(66)58-38-30-34-20-12-14-22-36(34)44(38)60-50(70)40-24-18-28-64(40)52(72)46(54(6,7)8)62-48(68)32(2)56-10/h11-14,19-22,31-32,37-40,43-46,55-56H,15-18,23-30H2,1-10H3,(H,57,65)(H,58,66)(H,59,69)(H,60,70)(H,61,67)(H,62,68)/t31-,32-,37-,38-,39-,40-,43-,44-,45+,46+/m0/s1. The Bertz CT molecular complexity index is 2170. The lowest BCUT2D eigenvalue weighted by Crippen LogP contribution is -2.59. The van der Waals surface area contributed by atoms with E-state index in [4.69, 9.17) is 0 Å². The maximum atomic E-state index is 14.1. The third-order valence-electron chi connectivity index (χ3n) is 14.9. The number of nitrogens with zero attached hydrogens (tertiary/aromatic N) is 2. The number of likely N-dealkylation sites (N-methyl/N-ethyl adjacent to an activating group) is 2. The molecule has 8 amide bonds. The minimum Gasteiger partial charge on any atom is -0.351 e. The second-order valence-electron chi connectivity index (χ2n) is 22.3. The van der Waals surface area contributed by atoms with E-state index in [9.17, 15) is 38.4 Å². The fourth-order valence-corrected chi connectivity index (χ4v) is 10.5. The van der Waals surface area contributed by atoms with Crippen LogP contribution < -0.4 is 42.5 Å². The van der Waals surface area contributed by atoms with E-state index in [1.807, 2.05) is 90.1 Å². The van der Waals surface area contributed by atoms with Crippen molar-refractivity contribution in [3.63, 3.8) is 0 Å². The first kappa shape index (κ1) is 55.4. The van der Waals surface area contributed by atoms with Crippen molar-refractivity contribution in [3.8, 4) is 0 Å². The Hall–Kier alpha value is -5.88. The molecule has 0 unspecified atom stereocenters. The highest BCUT2D eigenvalue weighted by atomic mass is 16.2. The lowest BCUT2D eigenvalue weighted by atomic mass is 9.85. The number of likely N-dealkylation sites (tertiary alicyclic amines) is 2. The predicted octanol–water partition coefficient (Wildman–Crippen LogP) is 2.60. The number of carbonyl (C=O) groups is 8. The van der Waals surface area contributed by atoms with Gasteiger partial charge >= 0.3 is 0 Å². The van der Waals surface area contributed by atoms with E-state index in [1.54, 1.807) is 37.7 Å². The average Bonchev–Trinajstić information content (AvgIpc) is 4.16. The van der Waals surface area contributed by atoms with Crippen LogP contribution in [0.3, 0.4) is 0 Å². The van der Waals surface area contributed by atoms with Crippen LogP contribution >= 0.6 is 0 Å². The molecular formula is C54H80N10O8. The van der Waals surface area contributed by atoms with E-state index >= 15 is 0 Å². The molecule has 2 aromatic rings. The second-order valence-corrected chi connectivity index (χ2v) is 22.3. The number of unbranched alkanes of at least 4 members (excludes halogenated alkanes) is 1. The predicted molar refractivity (Wildman–Crippen MR) is 274 cm³/mol. The van der Waals surface area contributed by atoms with Gasteiger partial charge in [0.25, 0.3) is 0 Å². The van der Waals surface area contributed by atoms with Crippen LogP contribution in [0.15, 0.2) is 48.5 Å². The maximum Gasteiger partial charge on any atom is 0.246 e. The summed E-state index contributed by atoms with van der Waals surface area (Å²) in [6.45, 7) is 15.5. The molecule has 2 fully saturated rings. The SMILES string of the molecule is CN[C@@H](C)C(=O)N[C@H](C(=O)N1CCC[C@H]1C(=O)N[C@H]1c2ccccc2C[C@@H]1NC(=O)CCCCC(=O)N[C@H]1Cc2ccccc2[C@@H]1NC(=O)[C@@H]1CCCN1C(=O)[C@@H](NC(=O)[C@H](C)NC)C(C)(C)C)C(C)(C)C. The Balaban J connectivity index is 1.02. The zero-order valence-corrected chi connectivity index (χ0v) is 44.0. The molecule has 10 atom stereocenters. The van der Waals surface area contributed by atoms with Crippen LogP contribution in [0, 0.1) is 10.8 Å². The molecule has 0 spiro atoms. The fourth-order valence-electron chi connectivity index (χ4n) is 10.5. The first-order chi connectivity index (χ1) is 34.0. The molecule has 2 heterocycles. The summed E-state index contributed by atoms with van der Waals surface area (Å²) in [4.78, 5) is 113. The molecule has 2 aliphatic carbocycles. The van der Waals surface area contributed by atoms with Crippen molar-refractivity contribution >= 4 is 47.3 Å². The number of hydrogen-bond acceptors (Lipinski definition) is 10. The number of nitrogens with one attached hydrogen (secondary N) is 8. The average molecular weight is 997 g/mol. The van der Waals surface area contributed by atoms with Crippen molar-refractivity contribution in [1.82, 2.24) is 52.3 Å². The van der Waals surface area contributed by atoms with Gasteiger partial charge in [-0.2, -0.15) is 0 Å². The molecular weight excluding hydrogens is 917 g/mol. The fraction of sp³-hybridized carbons (Fsp3) is 0.630. The number of hydrogen-bond donors (Lipinski definition) is 8. The van der Waals surface area contributed by atoms with Crippen molar-refractivity contribution in [3.05, 3.63) is 70.8 Å². The van der Waals surface area contributed by atoms with E-state index in [-0.39, 0.29) is 60.1 Å². The van der Waals surface area contributed by atoms with Crippen molar-refractivity contribution in [2.75, 3.05) is 27.2 Å². The molecule has 2 aliphatic heterocycles. The quantitative estimate of drug-likeness (QED) is 0.0958. The number of rotatable bonds is 19. The van der Waals surface area contributed by atoms with Crippen molar-refractivity contribution in [1.29, 1.82) is 0 Å². The van der Waals surface area contributed by atoms with Gasteiger partial charge in [-0.1, -0.05) is 90.1 Å². The molecule has 0 radical (unpaired) electrons. The maximum absolute atomic E-state index is 14.1.